The van der Waals surface area contributed by atoms with Gasteiger partial charge in [-0.1, -0.05) is 72.8 Å². The summed E-state index contributed by atoms with van der Waals surface area (Å²) in [5.74, 6) is 1.48. The van der Waals surface area contributed by atoms with Crippen LogP contribution in [0, 0.1) is 0 Å². The third kappa shape index (κ3) is 12.5. The van der Waals surface area contributed by atoms with E-state index >= 15 is 0 Å². The Kier molecular flexibility index (Phi) is 17.0. The molecule has 3 aromatic heterocycles. The standard InChI is InChI=1S/C66H76N6O7/c1-45(2)67-65(73)62(71-34-30-69(31-35-71)28-11-5-13-38-75-50-24-26-53-57(43-77-60(53)41-50)49-23-22-47-16-7-8-17-48(47)40-49)63(66(74)68-46(3)4)72-36-32-70(33-37-72)29-12-6-14-39-76-51-25-27-54-58(44-78-61(54)42-51)56-20-15-19-55-52-18-9-10-21-59(52)79-64(55)56/h7-10,15-27,40-46,62-63H,5-6,11-14,28-39H2,1-4H3,(H,67,73)(H,68,74). The van der Waals surface area contributed by atoms with Gasteiger partial charge in [-0.3, -0.25) is 19.4 Å². The summed E-state index contributed by atoms with van der Waals surface area (Å²) in [6.07, 6.45) is 9.80. The number of amides is 2. The maximum atomic E-state index is 14.3. The SMILES string of the molecule is CC(C)NC(=O)C(C(C(=O)NC(C)C)N1CCN(CCCCCOc2ccc3c(-c4cccc5c4oc4ccccc45)coc3c2)CC1)N1CCN(CCCCCOc2ccc3c(-c4ccc5ccccc5c4)coc3c2)CC1. The molecule has 6 aromatic carbocycles. The number of fused-ring (bicyclic) bond motifs is 6. The number of hydrogen-bond donors (Lipinski definition) is 2. The fraction of sp³-hybridized carbons (Fsp3) is 0.394. The molecular formula is C66H76N6O7. The number of unbranched alkanes of at least 4 members (excludes halogenated alkanes) is 4. The first-order valence-corrected chi connectivity index (χ1v) is 28.8. The number of furan rings is 3. The molecular weight excluding hydrogens is 989 g/mol. The van der Waals surface area contributed by atoms with Crippen molar-refractivity contribution < 1.29 is 32.3 Å². The molecule has 2 aliphatic rings. The number of rotatable bonds is 23. The van der Waals surface area contributed by atoms with E-state index in [9.17, 15) is 9.59 Å². The molecule has 13 nitrogen and oxygen atoms in total. The lowest BCUT2D eigenvalue weighted by molar-refractivity contribution is -0.141. The molecule has 0 bridgehead atoms. The summed E-state index contributed by atoms with van der Waals surface area (Å²) >= 11 is 0. The van der Waals surface area contributed by atoms with Gasteiger partial charge in [0.15, 0.2) is 0 Å². The number of hydrogen-bond acceptors (Lipinski definition) is 11. The minimum absolute atomic E-state index is 0.0394. The molecule has 5 heterocycles. The lowest BCUT2D eigenvalue weighted by atomic mass is 9.99. The third-order valence-corrected chi connectivity index (χ3v) is 15.9. The average molecular weight is 1070 g/mol. The number of carbonyl (C=O) groups excluding carboxylic acids is 2. The number of nitrogens with one attached hydrogen (secondary N) is 2. The Bertz CT molecular complexity index is 3510. The van der Waals surface area contributed by atoms with Crippen molar-refractivity contribution in [3.05, 3.63) is 134 Å². The van der Waals surface area contributed by atoms with E-state index < -0.39 is 12.1 Å². The van der Waals surface area contributed by atoms with Gasteiger partial charge in [-0.25, -0.2) is 0 Å². The van der Waals surface area contributed by atoms with E-state index in [0.29, 0.717) is 13.2 Å². The van der Waals surface area contributed by atoms with E-state index in [-0.39, 0.29) is 23.9 Å². The molecule has 2 N–H and O–H groups in total. The van der Waals surface area contributed by atoms with Crippen LogP contribution in [0.25, 0.3) is 76.9 Å². The second kappa shape index (κ2) is 24.9. The summed E-state index contributed by atoms with van der Waals surface area (Å²) in [4.78, 5) is 38.1. The molecule has 2 aliphatic heterocycles. The van der Waals surface area contributed by atoms with Crippen molar-refractivity contribution >= 4 is 66.5 Å². The van der Waals surface area contributed by atoms with Crippen LogP contribution in [0.5, 0.6) is 11.5 Å². The van der Waals surface area contributed by atoms with Gasteiger partial charge in [0.05, 0.1) is 25.7 Å². The van der Waals surface area contributed by atoms with E-state index in [2.05, 4.69) is 109 Å². The molecule has 2 atom stereocenters. The van der Waals surface area contributed by atoms with Gasteiger partial charge in [-0.15, -0.1) is 0 Å². The summed E-state index contributed by atoms with van der Waals surface area (Å²) in [5.41, 5.74) is 7.59. The largest absolute Gasteiger partial charge is 0.493 e. The highest BCUT2D eigenvalue weighted by Gasteiger charge is 2.43. The zero-order chi connectivity index (χ0) is 54.2. The Morgan fingerprint density at radius 3 is 1.61 bits per heavy atom. The van der Waals surface area contributed by atoms with Crippen molar-refractivity contribution in [1.29, 1.82) is 0 Å². The molecule has 2 fully saturated rings. The summed E-state index contributed by atoms with van der Waals surface area (Å²) < 4.78 is 30.8. The zero-order valence-electron chi connectivity index (χ0n) is 46.4. The van der Waals surface area contributed by atoms with E-state index in [1.54, 1.807) is 0 Å². The number of nitrogens with zero attached hydrogens (tertiary/aromatic N) is 4. The molecule has 2 unspecified atom stereocenters. The van der Waals surface area contributed by atoms with Gasteiger partial charge in [-0.05, 0) is 132 Å². The van der Waals surface area contributed by atoms with Crippen LogP contribution in [0.3, 0.4) is 0 Å². The second-order valence-corrected chi connectivity index (χ2v) is 22.2. The van der Waals surface area contributed by atoms with Crippen LogP contribution in [0.4, 0.5) is 0 Å². The van der Waals surface area contributed by atoms with E-state index in [0.717, 1.165) is 182 Å². The van der Waals surface area contributed by atoms with Crippen molar-refractivity contribution in [3.63, 3.8) is 0 Å². The average Bonchev–Trinajstić information content (AvgIpc) is 4.38. The van der Waals surface area contributed by atoms with Crippen molar-refractivity contribution in [2.24, 2.45) is 0 Å². The molecule has 11 rings (SSSR count). The van der Waals surface area contributed by atoms with Crippen LogP contribution in [0.1, 0.15) is 66.2 Å². The van der Waals surface area contributed by atoms with Crippen LogP contribution < -0.4 is 20.1 Å². The number of piperazine rings is 2. The number of ether oxygens (including phenoxy) is 2. The topological polar surface area (TPSA) is 129 Å². The second-order valence-electron chi connectivity index (χ2n) is 22.2. The Labute approximate surface area is 463 Å². The third-order valence-electron chi connectivity index (χ3n) is 15.9. The molecule has 2 saturated heterocycles. The van der Waals surface area contributed by atoms with Crippen molar-refractivity contribution in [3.8, 4) is 33.8 Å². The van der Waals surface area contributed by atoms with E-state index in [1.807, 2.05) is 82.7 Å². The summed E-state index contributed by atoms with van der Waals surface area (Å²) in [6.45, 7) is 17.5. The molecule has 13 heteroatoms. The van der Waals surface area contributed by atoms with Gasteiger partial charge >= 0.3 is 0 Å². The molecule has 2 amide bonds. The molecule has 0 aliphatic carbocycles. The lowest BCUT2D eigenvalue weighted by Crippen LogP contribution is -2.68. The number of benzene rings is 6. The first-order chi connectivity index (χ1) is 38.6. The van der Waals surface area contributed by atoms with Crippen LogP contribution in [0.2, 0.25) is 0 Å². The first kappa shape index (κ1) is 53.8. The van der Waals surface area contributed by atoms with Crippen molar-refractivity contribution in [1.82, 2.24) is 30.2 Å². The van der Waals surface area contributed by atoms with E-state index in [4.69, 9.17) is 22.7 Å². The molecule has 0 spiro atoms. The smallest absolute Gasteiger partial charge is 0.239 e. The van der Waals surface area contributed by atoms with Crippen LogP contribution >= 0.6 is 0 Å². The van der Waals surface area contributed by atoms with Gasteiger partial charge in [0, 0.05) is 115 Å². The molecule has 0 radical (unpaired) electrons. The first-order valence-electron chi connectivity index (χ1n) is 28.8. The minimum Gasteiger partial charge on any atom is -0.493 e. The van der Waals surface area contributed by atoms with Crippen molar-refractivity contribution in [2.75, 3.05) is 78.7 Å². The normalized spacial score (nSPS) is 16.0. The minimum atomic E-state index is -0.593. The van der Waals surface area contributed by atoms with Crippen LogP contribution in [-0.4, -0.2) is 134 Å². The molecule has 412 valence electrons. The number of para-hydroxylation sites is 2. The lowest BCUT2D eigenvalue weighted by Gasteiger charge is -2.46. The summed E-state index contributed by atoms with van der Waals surface area (Å²) in [7, 11) is 0. The van der Waals surface area contributed by atoms with E-state index in [1.165, 1.54) is 10.8 Å². The van der Waals surface area contributed by atoms with Gasteiger partial charge in [0.2, 0.25) is 11.8 Å². The van der Waals surface area contributed by atoms with Gasteiger partial charge in [0.25, 0.3) is 0 Å². The Balaban J connectivity index is 0.618. The summed E-state index contributed by atoms with van der Waals surface area (Å²) in [6, 6.07) is 40.3. The molecule has 79 heavy (non-hydrogen) atoms. The quantitative estimate of drug-likeness (QED) is 0.0594. The van der Waals surface area contributed by atoms with Crippen LogP contribution in [-0.2, 0) is 9.59 Å². The Morgan fingerprint density at radius 1 is 0.481 bits per heavy atom. The van der Waals surface area contributed by atoms with Gasteiger partial charge in [-0.2, -0.15) is 0 Å². The summed E-state index contributed by atoms with van der Waals surface area (Å²) in [5, 5.41) is 13.2. The molecule has 0 saturated carbocycles. The highest BCUT2D eigenvalue weighted by atomic mass is 16.5. The fourth-order valence-electron chi connectivity index (χ4n) is 11.8. The zero-order valence-corrected chi connectivity index (χ0v) is 46.4. The predicted octanol–water partition coefficient (Wildman–Crippen LogP) is 12.4. The Morgan fingerprint density at radius 2 is 1.01 bits per heavy atom. The monoisotopic (exact) mass is 1060 g/mol. The highest BCUT2D eigenvalue weighted by molar-refractivity contribution is 6.12. The highest BCUT2D eigenvalue weighted by Crippen LogP contribution is 2.40. The number of carbonyl (C=O) groups is 2. The Hall–Kier alpha value is -7.16. The van der Waals surface area contributed by atoms with Gasteiger partial charge in [0.1, 0.15) is 45.9 Å². The van der Waals surface area contributed by atoms with Gasteiger partial charge < -0.3 is 43.2 Å². The molecule has 9 aromatic rings. The maximum absolute atomic E-state index is 14.3. The van der Waals surface area contributed by atoms with Crippen LogP contribution in [0.15, 0.2) is 147 Å². The van der Waals surface area contributed by atoms with Crippen molar-refractivity contribution in [2.45, 2.75) is 90.4 Å². The predicted molar refractivity (Wildman–Crippen MR) is 317 cm³/mol. The fourth-order valence-corrected chi connectivity index (χ4v) is 11.8. The maximum Gasteiger partial charge on any atom is 0.239 e.